The lowest BCUT2D eigenvalue weighted by atomic mass is 10.1. The average Bonchev–Trinajstić information content (AvgIpc) is 2.55. The van der Waals surface area contributed by atoms with E-state index in [0.717, 1.165) is 0 Å². The Hall–Kier alpha value is -3.55. The normalized spacial score (nSPS) is 10.4. The van der Waals surface area contributed by atoms with Crippen LogP contribution in [0.25, 0.3) is 0 Å². The van der Waals surface area contributed by atoms with Crippen LogP contribution < -0.4 is 5.43 Å². The molecule has 0 atom stereocenters. The van der Waals surface area contributed by atoms with Crippen LogP contribution in [-0.4, -0.2) is 28.1 Å². The highest BCUT2D eigenvalue weighted by Crippen LogP contribution is 2.11. The Labute approximate surface area is 130 Å². The summed E-state index contributed by atoms with van der Waals surface area (Å²) in [6.07, 6.45) is 1.36. The summed E-state index contributed by atoms with van der Waals surface area (Å²) < 4.78 is 0. The number of hydrogen-bond donors (Lipinski definition) is 2. The van der Waals surface area contributed by atoms with Crippen molar-refractivity contribution < 1.29 is 19.6 Å². The van der Waals surface area contributed by atoms with E-state index in [1.807, 2.05) is 0 Å². The van der Waals surface area contributed by atoms with Gasteiger partial charge in [-0.2, -0.15) is 5.10 Å². The van der Waals surface area contributed by atoms with E-state index in [1.165, 1.54) is 42.6 Å². The smallest absolute Gasteiger partial charge is 0.335 e. The minimum Gasteiger partial charge on any atom is -0.478 e. The molecule has 2 aromatic rings. The first kappa shape index (κ1) is 15.8. The Bertz CT molecular complexity index is 767. The second-order valence-electron chi connectivity index (χ2n) is 4.43. The molecule has 0 bridgehead atoms. The van der Waals surface area contributed by atoms with E-state index in [4.69, 9.17) is 5.11 Å². The zero-order valence-corrected chi connectivity index (χ0v) is 11.7. The molecule has 23 heavy (non-hydrogen) atoms. The van der Waals surface area contributed by atoms with E-state index >= 15 is 0 Å². The van der Waals surface area contributed by atoms with E-state index in [-0.39, 0.29) is 16.8 Å². The molecule has 2 N–H and O–H groups in total. The van der Waals surface area contributed by atoms with Crippen molar-refractivity contribution >= 4 is 23.8 Å². The predicted molar refractivity (Wildman–Crippen MR) is 81.6 cm³/mol. The number of carbonyl (C=O) groups is 2. The number of carboxylic acids is 1. The van der Waals surface area contributed by atoms with Crippen molar-refractivity contribution in [1.29, 1.82) is 0 Å². The molecule has 8 heteroatoms. The molecule has 0 radical (unpaired) electrons. The van der Waals surface area contributed by atoms with Crippen molar-refractivity contribution in [2.24, 2.45) is 5.10 Å². The minimum atomic E-state index is -1.03. The van der Waals surface area contributed by atoms with Gasteiger partial charge in [0, 0.05) is 17.7 Å². The van der Waals surface area contributed by atoms with Crippen LogP contribution in [0, 0.1) is 10.1 Å². The Morgan fingerprint density at radius 3 is 2.13 bits per heavy atom. The number of benzene rings is 2. The van der Waals surface area contributed by atoms with Crippen molar-refractivity contribution in [2.45, 2.75) is 0 Å². The van der Waals surface area contributed by atoms with Crippen LogP contribution >= 0.6 is 0 Å². The van der Waals surface area contributed by atoms with Crippen LogP contribution in [0.2, 0.25) is 0 Å². The second kappa shape index (κ2) is 6.94. The predicted octanol–water partition coefficient (Wildman–Crippen LogP) is 2.06. The Balaban J connectivity index is 1.97. The summed E-state index contributed by atoms with van der Waals surface area (Å²) in [5.41, 5.74) is 3.16. The number of hydrogen-bond acceptors (Lipinski definition) is 5. The summed E-state index contributed by atoms with van der Waals surface area (Å²) in [5.74, 6) is -1.54. The summed E-state index contributed by atoms with van der Waals surface area (Å²) in [6.45, 7) is 0. The van der Waals surface area contributed by atoms with Gasteiger partial charge in [-0.1, -0.05) is 12.1 Å². The SMILES string of the molecule is O=C(O)c1ccc(/C=N\NC(=O)c2ccc([N+](=O)[O-])cc2)cc1. The Morgan fingerprint density at radius 1 is 1.04 bits per heavy atom. The van der Waals surface area contributed by atoms with E-state index in [2.05, 4.69) is 10.5 Å². The molecular weight excluding hydrogens is 302 g/mol. The van der Waals surface area contributed by atoms with Gasteiger partial charge in [0.1, 0.15) is 0 Å². The number of nitrogens with zero attached hydrogens (tertiary/aromatic N) is 2. The van der Waals surface area contributed by atoms with Crippen molar-refractivity contribution in [2.75, 3.05) is 0 Å². The number of hydrazone groups is 1. The topological polar surface area (TPSA) is 122 Å². The molecule has 0 fully saturated rings. The van der Waals surface area contributed by atoms with E-state index < -0.39 is 16.8 Å². The quantitative estimate of drug-likeness (QED) is 0.497. The zero-order valence-electron chi connectivity index (χ0n) is 11.7. The van der Waals surface area contributed by atoms with E-state index in [0.29, 0.717) is 5.56 Å². The molecule has 116 valence electrons. The van der Waals surface area contributed by atoms with Crippen LogP contribution in [0.5, 0.6) is 0 Å². The molecule has 0 aromatic heterocycles. The molecule has 0 unspecified atom stereocenters. The first-order valence-corrected chi connectivity index (χ1v) is 6.38. The Kier molecular flexibility index (Phi) is 4.78. The van der Waals surface area contributed by atoms with Gasteiger partial charge in [0.25, 0.3) is 11.6 Å². The molecule has 0 heterocycles. The number of amides is 1. The molecule has 0 saturated carbocycles. The number of carbonyl (C=O) groups excluding carboxylic acids is 1. The number of rotatable bonds is 5. The molecule has 2 rings (SSSR count). The molecule has 2 aromatic carbocycles. The van der Waals surface area contributed by atoms with Gasteiger partial charge in [-0.05, 0) is 29.8 Å². The minimum absolute atomic E-state index is 0.108. The molecule has 0 aliphatic rings. The lowest BCUT2D eigenvalue weighted by Crippen LogP contribution is -2.17. The standard InChI is InChI=1S/C15H11N3O5/c19-14(11-5-7-13(8-6-11)18(22)23)17-16-9-10-1-3-12(4-2-10)15(20)21/h1-9H,(H,17,19)(H,20,21)/b16-9-. The maximum absolute atomic E-state index is 11.8. The van der Waals surface area contributed by atoms with Gasteiger partial charge in [-0.15, -0.1) is 0 Å². The Morgan fingerprint density at radius 2 is 1.61 bits per heavy atom. The number of nitrogens with one attached hydrogen (secondary N) is 1. The second-order valence-corrected chi connectivity index (χ2v) is 4.43. The first-order chi connectivity index (χ1) is 11.0. The van der Waals surface area contributed by atoms with Crippen molar-refractivity contribution in [3.8, 4) is 0 Å². The van der Waals surface area contributed by atoms with E-state index in [9.17, 15) is 19.7 Å². The summed E-state index contributed by atoms with van der Waals surface area (Å²) in [4.78, 5) is 32.5. The molecule has 0 aliphatic carbocycles. The fraction of sp³-hybridized carbons (Fsp3) is 0. The highest BCUT2D eigenvalue weighted by molar-refractivity contribution is 5.95. The average molecular weight is 313 g/mol. The summed E-state index contributed by atoms with van der Waals surface area (Å²) in [6, 6.07) is 11.0. The summed E-state index contributed by atoms with van der Waals surface area (Å²) in [5, 5.41) is 23.0. The van der Waals surface area contributed by atoms with Gasteiger partial charge in [-0.25, -0.2) is 10.2 Å². The van der Waals surface area contributed by atoms with Crippen molar-refractivity contribution in [3.05, 3.63) is 75.3 Å². The molecule has 0 spiro atoms. The molecule has 0 aliphatic heterocycles. The monoisotopic (exact) mass is 313 g/mol. The molecule has 0 saturated heterocycles. The van der Waals surface area contributed by atoms with Gasteiger partial charge >= 0.3 is 5.97 Å². The van der Waals surface area contributed by atoms with Gasteiger partial charge in [0.05, 0.1) is 16.7 Å². The molecular formula is C15H11N3O5. The highest BCUT2D eigenvalue weighted by Gasteiger charge is 2.08. The largest absolute Gasteiger partial charge is 0.478 e. The number of carboxylic acid groups (broad SMARTS) is 1. The van der Waals surface area contributed by atoms with Gasteiger partial charge in [-0.3, -0.25) is 14.9 Å². The van der Waals surface area contributed by atoms with Gasteiger partial charge in [0.2, 0.25) is 0 Å². The zero-order chi connectivity index (χ0) is 16.8. The summed E-state index contributed by atoms with van der Waals surface area (Å²) in [7, 11) is 0. The third-order valence-electron chi connectivity index (χ3n) is 2.88. The first-order valence-electron chi connectivity index (χ1n) is 6.38. The van der Waals surface area contributed by atoms with Crippen molar-refractivity contribution in [1.82, 2.24) is 5.43 Å². The van der Waals surface area contributed by atoms with Crippen LogP contribution in [0.3, 0.4) is 0 Å². The highest BCUT2D eigenvalue weighted by atomic mass is 16.6. The van der Waals surface area contributed by atoms with Crippen molar-refractivity contribution in [3.63, 3.8) is 0 Å². The third kappa shape index (κ3) is 4.21. The van der Waals surface area contributed by atoms with Crippen LogP contribution in [0.1, 0.15) is 26.3 Å². The third-order valence-corrected chi connectivity index (χ3v) is 2.88. The fourth-order valence-electron chi connectivity index (χ4n) is 1.68. The maximum Gasteiger partial charge on any atom is 0.335 e. The van der Waals surface area contributed by atoms with Gasteiger partial charge in [0.15, 0.2) is 0 Å². The molecule has 8 nitrogen and oxygen atoms in total. The van der Waals surface area contributed by atoms with Crippen LogP contribution in [0.4, 0.5) is 5.69 Å². The number of nitro groups is 1. The van der Waals surface area contributed by atoms with E-state index in [1.54, 1.807) is 12.1 Å². The van der Waals surface area contributed by atoms with Crippen LogP contribution in [0.15, 0.2) is 53.6 Å². The number of nitro benzene ring substituents is 1. The molecule has 1 amide bonds. The number of aromatic carboxylic acids is 1. The fourth-order valence-corrected chi connectivity index (χ4v) is 1.68. The van der Waals surface area contributed by atoms with Crippen LogP contribution in [-0.2, 0) is 0 Å². The lowest BCUT2D eigenvalue weighted by Gasteiger charge is -2.00. The van der Waals surface area contributed by atoms with Gasteiger partial charge < -0.3 is 5.11 Å². The number of non-ortho nitro benzene ring substituents is 1. The summed E-state index contributed by atoms with van der Waals surface area (Å²) >= 11 is 0. The maximum atomic E-state index is 11.8. The lowest BCUT2D eigenvalue weighted by molar-refractivity contribution is -0.384.